The summed E-state index contributed by atoms with van der Waals surface area (Å²) in [6.07, 6.45) is 1.44. The quantitative estimate of drug-likeness (QED) is 0.576. The minimum Gasteiger partial charge on any atom is -0.399 e. The number of hydrogen-bond donors (Lipinski definition) is 1. The van der Waals surface area contributed by atoms with E-state index >= 15 is 0 Å². The van der Waals surface area contributed by atoms with Crippen LogP contribution in [0.15, 0.2) is 0 Å². The summed E-state index contributed by atoms with van der Waals surface area (Å²) < 4.78 is 0. The fraction of sp³-hybridized carbons (Fsp3) is 1.00. The highest BCUT2D eigenvalue weighted by Gasteiger charge is 2.92. The van der Waals surface area contributed by atoms with Gasteiger partial charge in [-0.3, -0.25) is 0 Å². The van der Waals surface area contributed by atoms with Crippen molar-refractivity contribution in [2.24, 2.45) is 40.9 Å². The first kappa shape index (κ1) is 7.33. The highest BCUT2D eigenvalue weighted by Crippen LogP contribution is 2.94. The predicted molar refractivity (Wildman–Crippen MR) is 52.8 cm³/mol. The third-order valence-electron chi connectivity index (χ3n) is 6.32. The van der Waals surface area contributed by atoms with Gasteiger partial charge in [-0.1, -0.05) is 6.92 Å². The molecule has 0 spiro atoms. The van der Waals surface area contributed by atoms with Crippen molar-refractivity contribution in [1.29, 1.82) is 0 Å². The van der Waals surface area contributed by atoms with E-state index in [-0.39, 0.29) is 0 Å². The molecule has 0 aromatic rings. The molecule has 4 saturated carbocycles. The second-order valence-corrected chi connectivity index (χ2v) is 6.48. The second-order valence-electron chi connectivity index (χ2n) is 6.48. The molecule has 1 N–H and O–H groups in total. The van der Waals surface area contributed by atoms with Crippen LogP contribution in [0.2, 0.25) is 0 Å². The monoisotopic (exact) mass is 176 g/mol. The second kappa shape index (κ2) is 1.52. The molecule has 13 heavy (non-hydrogen) atoms. The Kier molecular flexibility index (Phi) is 0.857. The van der Waals surface area contributed by atoms with Gasteiger partial charge in [0.15, 0.2) is 0 Å². The Bertz CT molecular complexity index is 274. The molecule has 4 aliphatic carbocycles. The fourth-order valence-electron chi connectivity index (χ4n) is 6.19. The van der Waals surface area contributed by atoms with Crippen LogP contribution in [0.4, 0.5) is 0 Å². The van der Waals surface area contributed by atoms with Crippen LogP contribution in [0, 0.1) is 40.9 Å². The summed E-state index contributed by atoms with van der Waals surface area (Å²) in [4.78, 5) is 0. The van der Waals surface area contributed by atoms with Gasteiger partial charge in [0.05, 0.1) is 0 Å². The van der Waals surface area contributed by atoms with Gasteiger partial charge in [0.2, 0.25) is 0 Å². The minimum absolute atomic E-state index is 0.390. The molecule has 2 heteroatoms. The van der Waals surface area contributed by atoms with Gasteiger partial charge in [-0.2, -0.15) is 0 Å². The zero-order chi connectivity index (χ0) is 9.17. The number of hydrogen-bond acceptors (Lipinski definition) is 1. The summed E-state index contributed by atoms with van der Waals surface area (Å²) in [7, 11) is 2.04. The number of aliphatic hydroxyl groups is 1. The van der Waals surface area contributed by atoms with Crippen LogP contribution in [0.3, 0.4) is 0 Å². The molecule has 0 aliphatic heterocycles. The lowest BCUT2D eigenvalue weighted by molar-refractivity contribution is -0.492. The topological polar surface area (TPSA) is 20.2 Å². The maximum Gasteiger partial charge on any atom is 0.143 e. The van der Waals surface area contributed by atoms with Crippen LogP contribution < -0.4 is 0 Å². The van der Waals surface area contributed by atoms with Gasteiger partial charge in [-0.05, 0) is 48.9 Å². The molecular formula is C11H17BO. The van der Waals surface area contributed by atoms with Crippen molar-refractivity contribution >= 4 is 7.85 Å². The zero-order valence-electron chi connectivity index (χ0n) is 8.62. The van der Waals surface area contributed by atoms with Crippen molar-refractivity contribution in [2.75, 3.05) is 0 Å². The molecule has 5 atom stereocenters. The Morgan fingerprint density at radius 1 is 1.38 bits per heavy atom. The predicted octanol–water partition coefficient (Wildman–Crippen LogP) is 0.476. The van der Waals surface area contributed by atoms with Gasteiger partial charge in [0, 0.05) is 10.9 Å². The third-order valence-corrected chi connectivity index (χ3v) is 6.32. The normalized spacial score (nSPS) is 74.7. The van der Waals surface area contributed by atoms with Gasteiger partial charge < -0.3 is 5.11 Å². The van der Waals surface area contributed by atoms with E-state index in [9.17, 15) is 5.11 Å². The Hall–Kier alpha value is 0.0249. The van der Waals surface area contributed by atoms with Crippen molar-refractivity contribution in [3.8, 4) is 0 Å². The highest BCUT2D eigenvalue weighted by atomic mass is 16.3. The van der Waals surface area contributed by atoms with Crippen molar-refractivity contribution < 1.29 is 5.11 Å². The van der Waals surface area contributed by atoms with E-state index in [1.54, 1.807) is 0 Å². The summed E-state index contributed by atoms with van der Waals surface area (Å²) >= 11 is 0. The molecule has 0 aromatic heterocycles. The molecule has 0 aromatic carbocycles. The molecule has 0 radical (unpaired) electrons. The molecule has 4 aliphatic rings. The SMILES string of the molecule is BC(C)(O)C12C3CC1C1C(C)C3C12. The maximum atomic E-state index is 10.2. The van der Waals surface area contributed by atoms with E-state index in [1.165, 1.54) is 6.42 Å². The van der Waals surface area contributed by atoms with Crippen LogP contribution in [-0.4, -0.2) is 18.5 Å². The Balaban J connectivity index is 1.78. The lowest BCUT2D eigenvalue weighted by Gasteiger charge is -2.96. The lowest BCUT2D eigenvalue weighted by atomic mass is 9.08. The van der Waals surface area contributed by atoms with Crippen LogP contribution in [0.1, 0.15) is 20.3 Å². The highest BCUT2D eigenvalue weighted by molar-refractivity contribution is 6.15. The molecule has 70 valence electrons. The van der Waals surface area contributed by atoms with Crippen molar-refractivity contribution in [3.05, 3.63) is 0 Å². The smallest absolute Gasteiger partial charge is 0.143 e. The van der Waals surface area contributed by atoms with Gasteiger partial charge in [-0.15, -0.1) is 0 Å². The van der Waals surface area contributed by atoms with Gasteiger partial charge >= 0.3 is 0 Å². The van der Waals surface area contributed by atoms with Crippen LogP contribution in [-0.2, 0) is 0 Å². The van der Waals surface area contributed by atoms with E-state index in [1.807, 2.05) is 14.8 Å². The van der Waals surface area contributed by atoms with Crippen molar-refractivity contribution in [1.82, 2.24) is 0 Å². The summed E-state index contributed by atoms with van der Waals surface area (Å²) in [5.74, 6) is 5.78. The van der Waals surface area contributed by atoms with E-state index in [0.29, 0.717) is 5.41 Å². The first-order valence-corrected chi connectivity index (χ1v) is 5.73. The molecule has 0 bridgehead atoms. The molecule has 4 fully saturated rings. The van der Waals surface area contributed by atoms with E-state index in [0.717, 1.165) is 35.5 Å². The molecule has 5 unspecified atom stereocenters. The van der Waals surface area contributed by atoms with E-state index < -0.39 is 5.50 Å². The van der Waals surface area contributed by atoms with E-state index in [2.05, 4.69) is 6.92 Å². The Morgan fingerprint density at radius 2 is 1.92 bits per heavy atom. The molecule has 1 nitrogen and oxygen atoms in total. The molecule has 0 heterocycles. The fourth-order valence-corrected chi connectivity index (χ4v) is 6.19. The molecule has 4 rings (SSSR count). The molecule has 0 saturated heterocycles. The summed E-state index contributed by atoms with van der Waals surface area (Å²) in [5, 5.41) is 10.2. The van der Waals surface area contributed by atoms with Gasteiger partial charge in [0.25, 0.3) is 0 Å². The Morgan fingerprint density at radius 3 is 2.31 bits per heavy atom. The largest absolute Gasteiger partial charge is 0.399 e. The summed E-state index contributed by atoms with van der Waals surface area (Å²) in [6, 6.07) is 0. The zero-order valence-corrected chi connectivity index (χ0v) is 8.62. The number of rotatable bonds is 1. The van der Waals surface area contributed by atoms with Crippen LogP contribution >= 0.6 is 0 Å². The standard InChI is InChI=1S/C11H17BO/c1-4-7-5-3-6-8(4)9(7)11(5,6)10(2,12)13/h4-9,13H,3,12H2,1-2H3. The van der Waals surface area contributed by atoms with Crippen molar-refractivity contribution in [3.63, 3.8) is 0 Å². The first-order chi connectivity index (χ1) is 6.01. The average molecular weight is 176 g/mol. The van der Waals surface area contributed by atoms with Crippen LogP contribution in [0.5, 0.6) is 0 Å². The molecular weight excluding hydrogens is 159 g/mol. The summed E-state index contributed by atoms with van der Waals surface area (Å²) in [6.45, 7) is 4.47. The minimum atomic E-state index is -0.390. The van der Waals surface area contributed by atoms with Gasteiger partial charge in [0.1, 0.15) is 7.85 Å². The van der Waals surface area contributed by atoms with Crippen LogP contribution in [0.25, 0.3) is 0 Å². The maximum absolute atomic E-state index is 10.2. The van der Waals surface area contributed by atoms with Gasteiger partial charge in [-0.25, -0.2) is 0 Å². The lowest BCUT2D eigenvalue weighted by Crippen LogP contribution is -2.94. The Labute approximate surface area is 80.3 Å². The first-order valence-electron chi connectivity index (χ1n) is 5.73. The van der Waals surface area contributed by atoms with Crippen molar-refractivity contribution in [2.45, 2.75) is 25.8 Å². The third kappa shape index (κ3) is 0.399. The average Bonchev–Trinajstić information content (AvgIpc) is 2.00. The van der Waals surface area contributed by atoms with E-state index in [4.69, 9.17) is 0 Å². The number of fused-ring (bicyclic) bond motifs is 2. The molecule has 0 amide bonds. The summed E-state index contributed by atoms with van der Waals surface area (Å²) in [5.41, 5.74) is 0.0211.